The number of nitrogens with zero attached hydrogens (tertiary/aromatic N) is 2. The molecule has 3 aromatic rings. The van der Waals surface area contributed by atoms with E-state index in [9.17, 15) is 9.59 Å². The van der Waals surface area contributed by atoms with Gasteiger partial charge in [-0.2, -0.15) is 5.10 Å². The lowest BCUT2D eigenvalue weighted by atomic mass is 10.0. The van der Waals surface area contributed by atoms with E-state index in [4.69, 9.17) is 8.83 Å². The Balaban J connectivity index is 1.31. The molecule has 1 fully saturated rings. The highest BCUT2D eigenvalue weighted by Gasteiger charge is 2.26. The molecular weight excluding hydrogens is 336 g/mol. The minimum Gasteiger partial charge on any atom is -0.472 e. The molecule has 1 aliphatic heterocycles. The van der Waals surface area contributed by atoms with Gasteiger partial charge in [0.1, 0.15) is 12.0 Å². The summed E-state index contributed by atoms with van der Waals surface area (Å²) < 4.78 is 10.2. The molecule has 0 saturated carbocycles. The number of rotatable bonds is 4. The zero-order chi connectivity index (χ0) is 17.9. The molecule has 0 radical (unpaired) electrons. The van der Waals surface area contributed by atoms with E-state index in [0.29, 0.717) is 48.6 Å². The molecule has 3 aromatic heterocycles. The van der Waals surface area contributed by atoms with Crippen LogP contribution in [0.25, 0.3) is 11.5 Å². The van der Waals surface area contributed by atoms with Crippen LogP contribution in [0.4, 0.5) is 0 Å². The fourth-order valence-corrected chi connectivity index (χ4v) is 3.05. The Kier molecular flexibility index (Phi) is 4.30. The van der Waals surface area contributed by atoms with Crippen LogP contribution in [0, 0.1) is 0 Å². The lowest BCUT2D eigenvalue weighted by molar-refractivity contribution is 0.0697. The summed E-state index contributed by atoms with van der Waals surface area (Å²) in [5.41, 5.74) is 1.52. The normalized spacial score (nSPS) is 15.2. The van der Waals surface area contributed by atoms with E-state index in [1.54, 1.807) is 35.4 Å². The highest BCUT2D eigenvalue weighted by molar-refractivity contribution is 5.94. The average Bonchev–Trinajstić information content (AvgIpc) is 3.43. The fourth-order valence-electron chi connectivity index (χ4n) is 3.05. The van der Waals surface area contributed by atoms with Gasteiger partial charge in [-0.3, -0.25) is 14.7 Å². The van der Waals surface area contributed by atoms with Crippen molar-refractivity contribution >= 4 is 11.8 Å². The molecule has 0 spiro atoms. The Hall–Kier alpha value is -3.29. The van der Waals surface area contributed by atoms with Gasteiger partial charge >= 0.3 is 0 Å². The Labute approximate surface area is 149 Å². The van der Waals surface area contributed by atoms with Crippen LogP contribution in [0.2, 0.25) is 0 Å². The molecule has 134 valence electrons. The lowest BCUT2D eigenvalue weighted by Crippen LogP contribution is -2.46. The van der Waals surface area contributed by atoms with E-state index >= 15 is 0 Å². The van der Waals surface area contributed by atoms with Crippen LogP contribution in [0.15, 0.2) is 51.9 Å². The van der Waals surface area contributed by atoms with Gasteiger partial charge in [0.15, 0.2) is 11.5 Å². The van der Waals surface area contributed by atoms with Gasteiger partial charge in [0, 0.05) is 25.2 Å². The lowest BCUT2D eigenvalue weighted by Gasteiger charge is -2.32. The van der Waals surface area contributed by atoms with Crippen molar-refractivity contribution in [2.45, 2.75) is 18.9 Å². The molecule has 4 heterocycles. The molecule has 0 aromatic carbocycles. The third kappa shape index (κ3) is 3.26. The standard InChI is InChI=1S/C18H18N4O4/c23-17(15-10-14(20-21-15)16-2-1-8-26-16)19-13-3-6-22(7-4-13)18(24)12-5-9-25-11-12/h1-2,5,8-11,13H,3-4,6-7H2,(H,19,23)(H,20,21). The molecule has 0 aliphatic carbocycles. The predicted octanol–water partition coefficient (Wildman–Crippen LogP) is 2.30. The summed E-state index contributed by atoms with van der Waals surface area (Å²) in [5.74, 6) is 0.347. The Morgan fingerprint density at radius 3 is 2.77 bits per heavy atom. The summed E-state index contributed by atoms with van der Waals surface area (Å²) in [6.45, 7) is 1.18. The number of carbonyl (C=O) groups excluding carboxylic acids is 2. The first-order chi connectivity index (χ1) is 12.7. The van der Waals surface area contributed by atoms with Crippen LogP contribution in [-0.4, -0.2) is 46.0 Å². The second kappa shape index (κ2) is 6.91. The van der Waals surface area contributed by atoms with E-state index in [2.05, 4.69) is 15.5 Å². The van der Waals surface area contributed by atoms with Crippen molar-refractivity contribution in [2.75, 3.05) is 13.1 Å². The van der Waals surface area contributed by atoms with Crippen LogP contribution in [0.5, 0.6) is 0 Å². The first-order valence-electron chi connectivity index (χ1n) is 8.42. The number of amides is 2. The molecule has 1 aliphatic rings. The van der Waals surface area contributed by atoms with Crippen molar-refractivity contribution in [1.29, 1.82) is 0 Å². The van der Waals surface area contributed by atoms with E-state index in [0.717, 1.165) is 0 Å². The summed E-state index contributed by atoms with van der Waals surface area (Å²) >= 11 is 0. The SMILES string of the molecule is O=C(NC1CCN(C(=O)c2ccoc2)CC1)c1cc(-c2ccco2)[nH]n1. The molecule has 8 nitrogen and oxygen atoms in total. The first-order valence-corrected chi connectivity index (χ1v) is 8.42. The summed E-state index contributed by atoms with van der Waals surface area (Å²) in [5, 5.41) is 9.82. The van der Waals surface area contributed by atoms with Crippen LogP contribution in [0.3, 0.4) is 0 Å². The van der Waals surface area contributed by atoms with Crippen molar-refractivity contribution in [1.82, 2.24) is 20.4 Å². The zero-order valence-corrected chi connectivity index (χ0v) is 14.0. The van der Waals surface area contributed by atoms with E-state index in [1.807, 2.05) is 0 Å². The van der Waals surface area contributed by atoms with Gasteiger partial charge in [-0.05, 0) is 31.0 Å². The zero-order valence-electron chi connectivity index (χ0n) is 14.0. The summed E-state index contributed by atoms with van der Waals surface area (Å²) in [6.07, 6.45) is 5.90. The quantitative estimate of drug-likeness (QED) is 0.748. The number of nitrogens with one attached hydrogen (secondary N) is 2. The van der Waals surface area contributed by atoms with Crippen molar-refractivity contribution in [3.63, 3.8) is 0 Å². The predicted molar refractivity (Wildman–Crippen MR) is 91.4 cm³/mol. The number of likely N-dealkylation sites (tertiary alicyclic amines) is 1. The molecule has 2 amide bonds. The van der Waals surface area contributed by atoms with Crippen LogP contribution in [0.1, 0.15) is 33.7 Å². The van der Waals surface area contributed by atoms with Gasteiger partial charge in [0.2, 0.25) is 0 Å². The largest absolute Gasteiger partial charge is 0.472 e. The summed E-state index contributed by atoms with van der Waals surface area (Å²) in [6, 6.07) is 6.90. The molecule has 1 saturated heterocycles. The number of H-pyrrole nitrogens is 1. The van der Waals surface area contributed by atoms with Crippen molar-refractivity contribution in [3.05, 3.63) is 54.3 Å². The Morgan fingerprint density at radius 1 is 1.23 bits per heavy atom. The maximum Gasteiger partial charge on any atom is 0.272 e. The van der Waals surface area contributed by atoms with E-state index < -0.39 is 0 Å². The van der Waals surface area contributed by atoms with Gasteiger partial charge in [-0.25, -0.2) is 0 Å². The Morgan fingerprint density at radius 2 is 2.08 bits per heavy atom. The maximum absolute atomic E-state index is 12.4. The number of aromatic amines is 1. The van der Waals surface area contributed by atoms with Gasteiger partial charge in [-0.15, -0.1) is 0 Å². The Bertz CT molecular complexity index is 874. The molecule has 0 unspecified atom stereocenters. The summed E-state index contributed by atoms with van der Waals surface area (Å²) in [7, 11) is 0. The topological polar surface area (TPSA) is 104 Å². The van der Waals surface area contributed by atoms with Crippen LogP contribution in [-0.2, 0) is 0 Å². The average molecular weight is 354 g/mol. The number of carbonyl (C=O) groups is 2. The van der Waals surface area contributed by atoms with E-state index in [1.165, 1.54) is 12.5 Å². The van der Waals surface area contributed by atoms with Gasteiger partial charge in [-0.1, -0.05) is 0 Å². The highest BCUT2D eigenvalue weighted by atomic mass is 16.3. The summed E-state index contributed by atoms with van der Waals surface area (Å²) in [4.78, 5) is 26.4. The molecule has 2 N–H and O–H groups in total. The van der Waals surface area contributed by atoms with Crippen molar-refractivity contribution < 1.29 is 18.4 Å². The van der Waals surface area contributed by atoms with Gasteiger partial charge in [0.05, 0.1) is 18.1 Å². The second-order valence-electron chi connectivity index (χ2n) is 6.20. The highest BCUT2D eigenvalue weighted by Crippen LogP contribution is 2.18. The third-order valence-electron chi connectivity index (χ3n) is 4.48. The van der Waals surface area contributed by atoms with Crippen molar-refractivity contribution in [2.24, 2.45) is 0 Å². The molecule has 4 rings (SSSR count). The number of hydrogen-bond acceptors (Lipinski definition) is 5. The monoisotopic (exact) mass is 354 g/mol. The third-order valence-corrected chi connectivity index (χ3v) is 4.48. The molecular formula is C18H18N4O4. The second-order valence-corrected chi connectivity index (χ2v) is 6.20. The fraction of sp³-hybridized carbons (Fsp3) is 0.278. The van der Waals surface area contributed by atoms with Crippen LogP contribution >= 0.6 is 0 Å². The first kappa shape index (κ1) is 16.2. The molecule has 26 heavy (non-hydrogen) atoms. The van der Waals surface area contributed by atoms with Gasteiger partial charge < -0.3 is 19.1 Å². The van der Waals surface area contributed by atoms with Crippen molar-refractivity contribution in [3.8, 4) is 11.5 Å². The minimum absolute atomic E-state index is 0.0136. The smallest absolute Gasteiger partial charge is 0.272 e. The number of hydrogen-bond donors (Lipinski definition) is 2. The molecule has 0 atom stereocenters. The number of piperidine rings is 1. The number of aromatic nitrogens is 2. The minimum atomic E-state index is -0.237. The van der Waals surface area contributed by atoms with E-state index in [-0.39, 0.29) is 17.9 Å². The molecule has 8 heteroatoms. The van der Waals surface area contributed by atoms with Gasteiger partial charge in [0.25, 0.3) is 11.8 Å². The maximum atomic E-state index is 12.4. The molecule has 0 bridgehead atoms. The number of furan rings is 2. The van der Waals surface area contributed by atoms with Crippen LogP contribution < -0.4 is 5.32 Å².